The summed E-state index contributed by atoms with van der Waals surface area (Å²) in [5, 5.41) is 3.49. The van der Waals surface area contributed by atoms with Crippen LogP contribution in [0.5, 0.6) is 0 Å². The van der Waals surface area contributed by atoms with Crippen LogP contribution < -0.4 is 10.2 Å². The first-order valence-electron chi connectivity index (χ1n) is 6.60. The van der Waals surface area contributed by atoms with E-state index in [0.29, 0.717) is 17.3 Å². The van der Waals surface area contributed by atoms with Crippen molar-refractivity contribution < 1.29 is 8.42 Å². The molecular formula is C14H13ClN4O2S. The lowest BCUT2D eigenvalue weighted by molar-refractivity contribution is 0.597. The summed E-state index contributed by atoms with van der Waals surface area (Å²) in [5.74, 6) is 0.239. The molecule has 0 fully saturated rings. The zero-order chi connectivity index (χ0) is 15.7. The average molecular weight is 337 g/mol. The standard InChI is InChI=1S/C14H13ClN4O2S/c1-2-19(11-5-7-16-8-6-11)14-17-12-9-10(15)3-4-13(12)22(20,21)18-14/h3-9H,2H2,1H3,(H,17,18). The summed E-state index contributed by atoms with van der Waals surface area (Å²) < 4.78 is 28.5. The molecule has 114 valence electrons. The Kier molecular flexibility index (Phi) is 3.76. The number of sulfonamides is 1. The molecule has 3 rings (SSSR count). The number of nitrogens with one attached hydrogen (secondary N) is 1. The predicted molar refractivity (Wildman–Crippen MR) is 87.0 cm³/mol. The van der Waals surface area contributed by atoms with E-state index in [1.165, 1.54) is 12.1 Å². The number of anilines is 2. The van der Waals surface area contributed by atoms with Crippen LogP contribution in [0.15, 0.2) is 52.0 Å². The van der Waals surface area contributed by atoms with Gasteiger partial charge in [0, 0.05) is 29.6 Å². The van der Waals surface area contributed by atoms with E-state index in [2.05, 4.69) is 14.7 Å². The van der Waals surface area contributed by atoms with Gasteiger partial charge >= 0.3 is 0 Å². The van der Waals surface area contributed by atoms with E-state index in [1.807, 2.05) is 6.92 Å². The van der Waals surface area contributed by atoms with Crippen molar-refractivity contribution in [3.8, 4) is 0 Å². The molecule has 0 spiro atoms. The SMILES string of the molecule is CCN(C1=NS(=O)(=O)c2ccc(Cl)cc2N1)c1ccncc1. The van der Waals surface area contributed by atoms with Gasteiger partial charge in [-0.05, 0) is 37.3 Å². The van der Waals surface area contributed by atoms with Crippen LogP contribution in [0.4, 0.5) is 11.4 Å². The molecule has 0 saturated heterocycles. The van der Waals surface area contributed by atoms with Crippen LogP contribution in [0, 0.1) is 0 Å². The second-order valence-electron chi connectivity index (χ2n) is 4.61. The second-order valence-corrected chi connectivity index (χ2v) is 6.61. The van der Waals surface area contributed by atoms with E-state index in [-0.39, 0.29) is 10.9 Å². The molecule has 1 aromatic heterocycles. The fraction of sp³-hybridized carbons (Fsp3) is 0.143. The van der Waals surface area contributed by atoms with Crippen LogP contribution in [0.2, 0.25) is 5.02 Å². The first kappa shape index (κ1) is 14.8. The molecule has 0 aliphatic carbocycles. The topological polar surface area (TPSA) is 74.7 Å². The van der Waals surface area contributed by atoms with Crippen molar-refractivity contribution in [3.05, 3.63) is 47.7 Å². The van der Waals surface area contributed by atoms with Crippen molar-refractivity contribution in [2.24, 2.45) is 4.40 Å². The Morgan fingerprint density at radius 3 is 2.64 bits per heavy atom. The van der Waals surface area contributed by atoms with Crippen molar-refractivity contribution in [1.29, 1.82) is 0 Å². The van der Waals surface area contributed by atoms with Crippen LogP contribution in [0.1, 0.15) is 6.92 Å². The number of rotatable bonds is 2. The minimum Gasteiger partial charge on any atom is -0.324 e. The summed E-state index contributed by atoms with van der Waals surface area (Å²) in [5.41, 5.74) is 1.22. The van der Waals surface area contributed by atoms with E-state index in [4.69, 9.17) is 11.6 Å². The molecule has 0 amide bonds. The molecule has 22 heavy (non-hydrogen) atoms. The second kappa shape index (κ2) is 5.58. The number of benzene rings is 1. The molecular weight excluding hydrogens is 324 g/mol. The number of aromatic nitrogens is 1. The van der Waals surface area contributed by atoms with Crippen LogP contribution in [0.25, 0.3) is 0 Å². The molecule has 0 bridgehead atoms. The van der Waals surface area contributed by atoms with Crippen LogP contribution >= 0.6 is 11.6 Å². The Bertz CT molecular complexity index is 837. The van der Waals surface area contributed by atoms with Crippen molar-refractivity contribution in [1.82, 2.24) is 4.98 Å². The van der Waals surface area contributed by atoms with Gasteiger partial charge in [0.15, 0.2) is 0 Å². The van der Waals surface area contributed by atoms with E-state index in [0.717, 1.165) is 5.69 Å². The van der Waals surface area contributed by atoms with E-state index < -0.39 is 10.0 Å². The fourth-order valence-corrected chi connectivity index (χ4v) is 3.50. The molecule has 0 radical (unpaired) electrons. The minimum atomic E-state index is -3.76. The van der Waals surface area contributed by atoms with Gasteiger partial charge in [-0.2, -0.15) is 8.42 Å². The molecule has 1 aliphatic heterocycles. The van der Waals surface area contributed by atoms with Crippen LogP contribution in [0.3, 0.4) is 0 Å². The van der Waals surface area contributed by atoms with Gasteiger partial charge in [-0.1, -0.05) is 11.6 Å². The fourth-order valence-electron chi connectivity index (χ4n) is 2.23. The summed E-state index contributed by atoms with van der Waals surface area (Å²) in [4.78, 5) is 5.83. The highest BCUT2D eigenvalue weighted by molar-refractivity contribution is 7.90. The maximum absolute atomic E-state index is 12.3. The van der Waals surface area contributed by atoms with Crippen LogP contribution in [-0.4, -0.2) is 25.9 Å². The first-order chi connectivity index (χ1) is 10.5. The first-order valence-corrected chi connectivity index (χ1v) is 8.42. The Balaban J connectivity index is 2.08. The Morgan fingerprint density at radius 1 is 1.23 bits per heavy atom. The zero-order valence-corrected chi connectivity index (χ0v) is 13.3. The van der Waals surface area contributed by atoms with Gasteiger partial charge in [0.25, 0.3) is 10.0 Å². The lowest BCUT2D eigenvalue weighted by Crippen LogP contribution is -2.39. The summed E-state index contributed by atoms with van der Waals surface area (Å²) in [6.07, 6.45) is 3.28. The average Bonchev–Trinajstić information content (AvgIpc) is 2.48. The molecule has 0 saturated carbocycles. The maximum atomic E-state index is 12.3. The van der Waals surface area contributed by atoms with E-state index in [1.54, 1.807) is 35.5 Å². The van der Waals surface area contributed by atoms with Gasteiger partial charge in [-0.25, -0.2) is 0 Å². The van der Waals surface area contributed by atoms with Crippen molar-refractivity contribution in [2.75, 3.05) is 16.8 Å². The molecule has 2 heterocycles. The molecule has 8 heteroatoms. The maximum Gasteiger partial charge on any atom is 0.287 e. The van der Waals surface area contributed by atoms with Crippen molar-refractivity contribution >= 4 is 39.0 Å². The third kappa shape index (κ3) is 2.65. The number of nitrogens with zero attached hydrogens (tertiary/aromatic N) is 3. The highest BCUT2D eigenvalue weighted by Gasteiger charge is 2.27. The Morgan fingerprint density at radius 2 is 1.95 bits per heavy atom. The Hall–Kier alpha value is -2.12. The summed E-state index contributed by atoms with van der Waals surface area (Å²) in [6, 6.07) is 8.12. The smallest absolute Gasteiger partial charge is 0.287 e. The third-order valence-corrected chi connectivity index (χ3v) is 4.78. The number of hydrogen-bond acceptors (Lipinski definition) is 5. The minimum absolute atomic E-state index is 0.117. The quantitative estimate of drug-likeness (QED) is 0.912. The van der Waals surface area contributed by atoms with Gasteiger partial charge in [0.2, 0.25) is 5.96 Å². The van der Waals surface area contributed by atoms with E-state index in [9.17, 15) is 8.42 Å². The van der Waals surface area contributed by atoms with Gasteiger partial charge in [-0.15, -0.1) is 4.40 Å². The summed E-state index contributed by atoms with van der Waals surface area (Å²) >= 11 is 5.95. The van der Waals surface area contributed by atoms with Gasteiger partial charge in [0.1, 0.15) is 4.90 Å². The highest BCUT2D eigenvalue weighted by atomic mass is 35.5. The van der Waals surface area contributed by atoms with Gasteiger partial charge in [-0.3, -0.25) is 4.98 Å². The summed E-state index contributed by atoms with van der Waals surface area (Å²) in [6.45, 7) is 2.45. The van der Waals surface area contributed by atoms with Gasteiger partial charge < -0.3 is 10.2 Å². The number of hydrogen-bond donors (Lipinski definition) is 1. The van der Waals surface area contributed by atoms with Crippen LogP contribution in [-0.2, 0) is 10.0 Å². The largest absolute Gasteiger partial charge is 0.324 e. The van der Waals surface area contributed by atoms with Crippen molar-refractivity contribution in [2.45, 2.75) is 11.8 Å². The monoisotopic (exact) mass is 336 g/mol. The molecule has 1 aliphatic rings. The summed E-state index contributed by atoms with van der Waals surface area (Å²) in [7, 11) is -3.76. The van der Waals surface area contributed by atoms with Crippen molar-refractivity contribution in [3.63, 3.8) is 0 Å². The normalized spacial score (nSPS) is 15.5. The lowest BCUT2D eigenvalue weighted by Gasteiger charge is -2.28. The highest BCUT2D eigenvalue weighted by Crippen LogP contribution is 2.31. The molecule has 1 aromatic carbocycles. The molecule has 0 atom stereocenters. The van der Waals surface area contributed by atoms with Gasteiger partial charge in [0.05, 0.1) is 5.69 Å². The molecule has 6 nitrogen and oxygen atoms in total. The predicted octanol–water partition coefficient (Wildman–Crippen LogP) is 2.73. The number of halogens is 1. The third-order valence-electron chi connectivity index (χ3n) is 3.22. The number of pyridine rings is 1. The number of fused-ring (bicyclic) bond motifs is 1. The lowest BCUT2D eigenvalue weighted by atomic mass is 10.3. The van der Waals surface area contributed by atoms with E-state index >= 15 is 0 Å². The number of guanidine groups is 1. The molecule has 1 N–H and O–H groups in total. The zero-order valence-electron chi connectivity index (χ0n) is 11.7. The Labute approximate surface area is 133 Å². The molecule has 0 unspecified atom stereocenters. The molecule has 2 aromatic rings.